The lowest BCUT2D eigenvalue weighted by Gasteiger charge is -2.48. The minimum absolute atomic E-state index is 0.116. The SMILES string of the molecule is CC/C=C\C/C=C\C/C=C\C/C=C\CCC(=O)NC(COC1OC(CO)C(OC2OC(CO)C(OC3OC(CO)C(O)C(O)C3O)C(O)C2O)C(O)C1O)C(O)/C=C/CCCC. The van der Waals surface area contributed by atoms with E-state index < -0.39 is 131 Å². The highest BCUT2D eigenvalue weighted by atomic mass is 16.8. The van der Waals surface area contributed by atoms with Gasteiger partial charge in [0.05, 0.1) is 38.6 Å². The molecule has 3 saturated heterocycles. The minimum atomic E-state index is -1.98. The monoisotopic (exact) mass is 889 g/mol. The molecule has 17 unspecified atom stereocenters. The zero-order valence-corrected chi connectivity index (χ0v) is 35.6. The second-order valence-electron chi connectivity index (χ2n) is 15.4. The third-order valence-electron chi connectivity index (χ3n) is 10.6. The van der Waals surface area contributed by atoms with Crippen LogP contribution in [0.4, 0.5) is 0 Å². The van der Waals surface area contributed by atoms with Gasteiger partial charge in [0.15, 0.2) is 18.9 Å². The van der Waals surface area contributed by atoms with Crippen LogP contribution in [-0.2, 0) is 33.2 Å². The maximum atomic E-state index is 13.0. The van der Waals surface area contributed by atoms with Crippen molar-refractivity contribution in [3.05, 3.63) is 60.8 Å². The molecule has 0 aromatic carbocycles. The number of rotatable bonds is 26. The first kappa shape index (κ1) is 53.8. The standard InChI is InChI=1S/C43H71NO18/c1-3-5-7-9-10-11-12-13-14-15-16-17-19-21-31(49)44-26(27(48)20-18-8-6-4-2)25-57-41-37(55)34(52)39(29(23-46)59-41)62-43-38(56)35(53)40(30(24-47)60-43)61-42-36(54)33(51)32(50)28(22-45)58-42/h5,7,10-11,13-14,16-18,20,26-30,32-43,45-48,50-56H,3-4,6,8-9,12,15,19,21-25H2,1-2H3,(H,44,49)/b7-5-,11-10-,14-13-,17-16-,20-18+. The lowest BCUT2D eigenvalue weighted by molar-refractivity contribution is -0.379. The van der Waals surface area contributed by atoms with E-state index in [1.54, 1.807) is 6.08 Å². The number of carbonyl (C=O) groups is 1. The highest BCUT2D eigenvalue weighted by molar-refractivity contribution is 5.76. The minimum Gasteiger partial charge on any atom is -0.394 e. The van der Waals surface area contributed by atoms with Gasteiger partial charge in [-0.1, -0.05) is 87.4 Å². The molecule has 17 atom stereocenters. The van der Waals surface area contributed by atoms with Crippen LogP contribution in [0.15, 0.2) is 60.8 Å². The molecule has 0 aliphatic carbocycles. The van der Waals surface area contributed by atoms with Gasteiger partial charge in [-0.25, -0.2) is 0 Å². The van der Waals surface area contributed by atoms with E-state index in [4.69, 9.17) is 28.4 Å². The first-order valence-corrected chi connectivity index (χ1v) is 21.5. The molecular weight excluding hydrogens is 818 g/mol. The molecule has 62 heavy (non-hydrogen) atoms. The second kappa shape index (κ2) is 29.1. The van der Waals surface area contributed by atoms with Gasteiger partial charge >= 0.3 is 0 Å². The Kier molecular flexibility index (Phi) is 25.3. The summed E-state index contributed by atoms with van der Waals surface area (Å²) in [5, 5.41) is 118. The first-order chi connectivity index (χ1) is 29.8. The van der Waals surface area contributed by atoms with E-state index in [-0.39, 0.29) is 12.3 Å². The molecule has 3 fully saturated rings. The number of carbonyl (C=O) groups excluding carboxylic acids is 1. The normalized spacial score (nSPS) is 35.8. The van der Waals surface area contributed by atoms with Gasteiger partial charge in [-0.15, -0.1) is 0 Å². The summed E-state index contributed by atoms with van der Waals surface area (Å²) in [4.78, 5) is 13.0. The van der Waals surface area contributed by atoms with Crippen molar-refractivity contribution in [1.82, 2.24) is 5.32 Å². The van der Waals surface area contributed by atoms with Gasteiger partial charge in [-0.3, -0.25) is 4.79 Å². The number of amides is 1. The number of allylic oxidation sites excluding steroid dienone is 9. The average molecular weight is 890 g/mol. The predicted octanol–water partition coefficient (Wildman–Crippen LogP) is -1.37. The molecule has 0 aromatic heterocycles. The second-order valence-corrected chi connectivity index (χ2v) is 15.4. The Morgan fingerprint density at radius 2 is 1.08 bits per heavy atom. The van der Waals surface area contributed by atoms with E-state index in [2.05, 4.69) is 42.6 Å². The number of hydrogen-bond donors (Lipinski definition) is 12. The van der Waals surface area contributed by atoms with E-state index in [0.29, 0.717) is 19.3 Å². The third-order valence-corrected chi connectivity index (χ3v) is 10.6. The zero-order chi connectivity index (χ0) is 45.6. The van der Waals surface area contributed by atoms with Crippen molar-refractivity contribution in [2.75, 3.05) is 26.4 Å². The Bertz CT molecular complexity index is 1390. The first-order valence-electron chi connectivity index (χ1n) is 21.5. The van der Waals surface area contributed by atoms with Crippen molar-refractivity contribution < 1.29 is 89.4 Å². The Morgan fingerprint density at radius 1 is 0.597 bits per heavy atom. The Morgan fingerprint density at radius 3 is 1.61 bits per heavy atom. The van der Waals surface area contributed by atoms with Gasteiger partial charge in [-0.2, -0.15) is 0 Å². The topological polar surface area (TPSA) is 307 Å². The van der Waals surface area contributed by atoms with E-state index in [1.807, 2.05) is 25.2 Å². The van der Waals surface area contributed by atoms with Gasteiger partial charge in [0.2, 0.25) is 5.91 Å². The number of unbranched alkanes of at least 4 members (excludes halogenated alkanes) is 2. The smallest absolute Gasteiger partial charge is 0.220 e. The van der Waals surface area contributed by atoms with E-state index >= 15 is 0 Å². The van der Waals surface area contributed by atoms with E-state index in [1.165, 1.54) is 6.08 Å². The lowest BCUT2D eigenvalue weighted by Crippen LogP contribution is -2.66. The Hall–Kier alpha value is -2.51. The number of aliphatic hydroxyl groups is 11. The van der Waals surface area contributed by atoms with Crippen molar-refractivity contribution in [2.45, 2.75) is 176 Å². The maximum Gasteiger partial charge on any atom is 0.220 e. The molecule has 356 valence electrons. The van der Waals surface area contributed by atoms with Crippen LogP contribution >= 0.6 is 0 Å². The summed E-state index contributed by atoms with van der Waals surface area (Å²) in [5.74, 6) is -0.371. The molecule has 0 bridgehead atoms. The summed E-state index contributed by atoms with van der Waals surface area (Å²) >= 11 is 0. The highest BCUT2D eigenvalue weighted by Gasteiger charge is 2.53. The quantitative estimate of drug-likeness (QED) is 0.0352. The zero-order valence-electron chi connectivity index (χ0n) is 35.6. The van der Waals surface area contributed by atoms with Crippen LogP contribution in [0, 0.1) is 0 Å². The number of nitrogens with one attached hydrogen (secondary N) is 1. The summed E-state index contributed by atoms with van der Waals surface area (Å²) in [5.41, 5.74) is 0. The predicted molar refractivity (Wildman–Crippen MR) is 222 cm³/mol. The van der Waals surface area contributed by atoms with Crippen LogP contribution in [0.2, 0.25) is 0 Å². The fourth-order valence-corrected chi connectivity index (χ4v) is 6.89. The van der Waals surface area contributed by atoms with Crippen LogP contribution in [-0.4, -0.2) is 193 Å². The average Bonchev–Trinajstić information content (AvgIpc) is 3.27. The molecule has 3 heterocycles. The van der Waals surface area contributed by atoms with Crippen molar-refractivity contribution in [2.24, 2.45) is 0 Å². The molecule has 19 nitrogen and oxygen atoms in total. The number of hydrogen-bond acceptors (Lipinski definition) is 18. The van der Waals surface area contributed by atoms with Crippen molar-refractivity contribution in [3.63, 3.8) is 0 Å². The molecule has 0 spiro atoms. The van der Waals surface area contributed by atoms with Gasteiger partial charge in [0, 0.05) is 6.42 Å². The van der Waals surface area contributed by atoms with E-state index in [0.717, 1.165) is 32.1 Å². The Balaban J connectivity index is 1.59. The molecule has 3 aliphatic heterocycles. The number of ether oxygens (including phenoxy) is 6. The lowest BCUT2D eigenvalue weighted by atomic mass is 9.96. The largest absolute Gasteiger partial charge is 0.394 e. The van der Waals surface area contributed by atoms with Crippen LogP contribution in [0.3, 0.4) is 0 Å². The molecule has 0 saturated carbocycles. The Labute approximate surface area is 363 Å². The van der Waals surface area contributed by atoms with Crippen LogP contribution in [0.5, 0.6) is 0 Å². The van der Waals surface area contributed by atoms with Crippen LogP contribution in [0.1, 0.15) is 71.6 Å². The molecule has 1 amide bonds. The van der Waals surface area contributed by atoms with Gasteiger partial charge < -0.3 is 89.9 Å². The van der Waals surface area contributed by atoms with E-state index in [9.17, 15) is 61.0 Å². The van der Waals surface area contributed by atoms with Crippen molar-refractivity contribution in [3.8, 4) is 0 Å². The maximum absolute atomic E-state index is 13.0. The fourth-order valence-electron chi connectivity index (χ4n) is 6.89. The third kappa shape index (κ3) is 16.5. The van der Waals surface area contributed by atoms with Crippen LogP contribution < -0.4 is 5.32 Å². The summed E-state index contributed by atoms with van der Waals surface area (Å²) in [6, 6.07) is -1.01. The van der Waals surface area contributed by atoms with Crippen LogP contribution in [0.25, 0.3) is 0 Å². The van der Waals surface area contributed by atoms with Crippen molar-refractivity contribution in [1.29, 1.82) is 0 Å². The van der Waals surface area contributed by atoms with Gasteiger partial charge in [0.1, 0.15) is 73.2 Å². The summed E-state index contributed by atoms with van der Waals surface area (Å²) in [7, 11) is 0. The molecule has 12 N–H and O–H groups in total. The van der Waals surface area contributed by atoms with Crippen molar-refractivity contribution >= 4 is 5.91 Å². The summed E-state index contributed by atoms with van der Waals surface area (Å²) in [6.07, 6.45) is -0.663. The molecule has 0 radical (unpaired) electrons. The molecule has 3 rings (SSSR count). The van der Waals surface area contributed by atoms with Gasteiger partial charge in [0.25, 0.3) is 0 Å². The molecule has 3 aliphatic rings. The highest BCUT2D eigenvalue weighted by Crippen LogP contribution is 2.32. The molecule has 19 heteroatoms. The summed E-state index contributed by atoms with van der Waals surface area (Å²) < 4.78 is 33.7. The fraction of sp³-hybridized carbons (Fsp3) is 0.744. The summed E-state index contributed by atoms with van der Waals surface area (Å²) in [6.45, 7) is 1.29. The molecular formula is C43H71NO18. The number of aliphatic hydroxyl groups excluding tert-OH is 11. The molecule has 0 aromatic rings. The van der Waals surface area contributed by atoms with Gasteiger partial charge in [-0.05, 0) is 38.5 Å².